The molecule has 1 nitrogen and oxygen atoms in total. The Labute approximate surface area is 141 Å². The first-order valence-electron chi connectivity index (χ1n) is 7.00. The molecule has 0 saturated heterocycles. The van der Waals surface area contributed by atoms with Gasteiger partial charge >= 0.3 is 0 Å². The third kappa shape index (κ3) is 4.62. The van der Waals surface area contributed by atoms with E-state index in [1.807, 2.05) is 30.3 Å². The molecular weight excluding hydrogens is 325 g/mol. The van der Waals surface area contributed by atoms with Gasteiger partial charge in [0.1, 0.15) is 0 Å². The molecule has 0 aliphatic heterocycles. The van der Waals surface area contributed by atoms with Gasteiger partial charge in [0.15, 0.2) is 0 Å². The Bertz CT molecular complexity index is 598. The zero-order valence-corrected chi connectivity index (χ0v) is 14.1. The minimum atomic E-state index is 0.169. The molecule has 1 atom stereocenters. The zero-order chi connectivity index (χ0) is 15.2. The topological polar surface area (TPSA) is 12.0 Å². The molecule has 21 heavy (non-hydrogen) atoms. The Kier molecular flexibility index (Phi) is 6.38. The smallest absolute Gasteiger partial charge is 0.0639 e. The van der Waals surface area contributed by atoms with Crippen molar-refractivity contribution in [2.75, 3.05) is 6.54 Å². The first-order valence-corrected chi connectivity index (χ1v) is 8.13. The standard InChI is InChI=1S/C17H18Cl3N/c1-12(14-8-4-10-16(19)17(14)20)21-11-5-7-13-6-2-3-9-15(13)18/h2-4,6,8-10,12,21H,5,7,11H2,1H3. The number of rotatable bonds is 6. The number of hydrogen-bond acceptors (Lipinski definition) is 1. The van der Waals surface area contributed by atoms with Crippen LogP contribution in [0.5, 0.6) is 0 Å². The maximum Gasteiger partial charge on any atom is 0.0639 e. The molecule has 1 unspecified atom stereocenters. The average Bonchev–Trinajstić information content (AvgIpc) is 2.48. The van der Waals surface area contributed by atoms with Crippen LogP contribution < -0.4 is 5.32 Å². The number of aryl methyl sites for hydroxylation is 1. The monoisotopic (exact) mass is 341 g/mol. The van der Waals surface area contributed by atoms with Gasteiger partial charge in [0.25, 0.3) is 0 Å². The molecule has 2 aromatic carbocycles. The van der Waals surface area contributed by atoms with Gasteiger partial charge in [-0.2, -0.15) is 0 Å². The van der Waals surface area contributed by atoms with Gasteiger partial charge < -0.3 is 5.32 Å². The lowest BCUT2D eigenvalue weighted by Gasteiger charge is -2.16. The van der Waals surface area contributed by atoms with E-state index in [9.17, 15) is 0 Å². The summed E-state index contributed by atoms with van der Waals surface area (Å²) >= 11 is 18.4. The second-order valence-corrected chi connectivity index (χ2v) is 6.21. The molecule has 0 radical (unpaired) electrons. The van der Waals surface area contributed by atoms with Crippen LogP contribution in [0.25, 0.3) is 0 Å². The fourth-order valence-corrected chi connectivity index (χ4v) is 2.97. The number of benzene rings is 2. The molecular formula is C17H18Cl3N. The summed E-state index contributed by atoms with van der Waals surface area (Å²) in [6.45, 7) is 2.99. The van der Waals surface area contributed by atoms with E-state index in [0.29, 0.717) is 10.0 Å². The molecule has 0 aliphatic rings. The van der Waals surface area contributed by atoms with Crippen LogP contribution in [0.4, 0.5) is 0 Å². The van der Waals surface area contributed by atoms with Crippen LogP contribution in [0.1, 0.15) is 30.5 Å². The summed E-state index contributed by atoms with van der Waals surface area (Å²) in [7, 11) is 0. The highest BCUT2D eigenvalue weighted by atomic mass is 35.5. The van der Waals surface area contributed by atoms with E-state index in [1.165, 1.54) is 5.56 Å². The molecule has 0 aliphatic carbocycles. The van der Waals surface area contributed by atoms with Crippen LogP contribution in [0.15, 0.2) is 42.5 Å². The molecule has 0 amide bonds. The molecule has 112 valence electrons. The summed E-state index contributed by atoms with van der Waals surface area (Å²) in [6.07, 6.45) is 1.98. The van der Waals surface area contributed by atoms with Gasteiger partial charge in [-0.15, -0.1) is 0 Å². The van der Waals surface area contributed by atoms with Crippen LogP contribution in [0, 0.1) is 0 Å². The van der Waals surface area contributed by atoms with Gasteiger partial charge in [-0.3, -0.25) is 0 Å². The minimum absolute atomic E-state index is 0.169. The maximum absolute atomic E-state index is 6.23. The van der Waals surface area contributed by atoms with Crippen LogP contribution in [-0.4, -0.2) is 6.54 Å². The molecule has 2 rings (SSSR count). The fourth-order valence-electron chi connectivity index (χ4n) is 2.26. The molecule has 2 aromatic rings. The predicted octanol–water partition coefficient (Wildman–Crippen LogP) is 5.93. The maximum atomic E-state index is 6.23. The van der Waals surface area contributed by atoms with Gasteiger partial charge in [-0.05, 0) is 49.6 Å². The summed E-state index contributed by atoms with van der Waals surface area (Å²) < 4.78 is 0. The van der Waals surface area contributed by atoms with Crippen molar-refractivity contribution in [2.45, 2.75) is 25.8 Å². The van der Waals surface area contributed by atoms with E-state index in [1.54, 1.807) is 6.07 Å². The Morgan fingerprint density at radius 1 is 0.952 bits per heavy atom. The van der Waals surface area contributed by atoms with Gasteiger partial charge in [-0.1, -0.05) is 65.1 Å². The van der Waals surface area contributed by atoms with Crippen molar-refractivity contribution in [2.24, 2.45) is 0 Å². The van der Waals surface area contributed by atoms with Crippen LogP contribution >= 0.6 is 34.8 Å². The fraction of sp³-hybridized carbons (Fsp3) is 0.294. The van der Waals surface area contributed by atoms with Crippen molar-refractivity contribution < 1.29 is 0 Å². The molecule has 4 heteroatoms. The first-order chi connectivity index (χ1) is 10.1. The Balaban J connectivity index is 1.83. The number of nitrogens with one attached hydrogen (secondary N) is 1. The highest BCUT2D eigenvalue weighted by Crippen LogP contribution is 2.29. The molecule has 0 saturated carbocycles. The van der Waals surface area contributed by atoms with Gasteiger partial charge in [0.05, 0.1) is 10.0 Å². The van der Waals surface area contributed by atoms with Crippen molar-refractivity contribution in [1.82, 2.24) is 5.32 Å². The highest BCUT2D eigenvalue weighted by molar-refractivity contribution is 6.42. The van der Waals surface area contributed by atoms with E-state index < -0.39 is 0 Å². The van der Waals surface area contributed by atoms with E-state index in [2.05, 4.69) is 18.3 Å². The van der Waals surface area contributed by atoms with Crippen LogP contribution in [0.3, 0.4) is 0 Å². The summed E-state index contributed by atoms with van der Waals surface area (Å²) in [5, 5.41) is 5.53. The molecule has 0 heterocycles. The average molecular weight is 343 g/mol. The second-order valence-electron chi connectivity index (χ2n) is 5.01. The lowest BCUT2D eigenvalue weighted by atomic mass is 10.1. The molecule has 1 N–H and O–H groups in total. The van der Waals surface area contributed by atoms with Crippen LogP contribution in [0.2, 0.25) is 15.1 Å². The van der Waals surface area contributed by atoms with E-state index in [0.717, 1.165) is 30.0 Å². The summed E-state index contributed by atoms with van der Waals surface area (Å²) in [6, 6.07) is 13.9. The van der Waals surface area contributed by atoms with Gasteiger partial charge in [0, 0.05) is 11.1 Å². The SMILES string of the molecule is CC(NCCCc1ccccc1Cl)c1cccc(Cl)c1Cl. The summed E-state index contributed by atoms with van der Waals surface area (Å²) in [5.41, 5.74) is 2.22. The molecule has 0 fully saturated rings. The van der Waals surface area contributed by atoms with E-state index in [-0.39, 0.29) is 6.04 Å². The lowest BCUT2D eigenvalue weighted by molar-refractivity contribution is 0.558. The molecule has 0 spiro atoms. The first kappa shape index (κ1) is 16.6. The summed E-state index contributed by atoms with van der Waals surface area (Å²) in [5.74, 6) is 0. The van der Waals surface area contributed by atoms with Crippen molar-refractivity contribution in [3.63, 3.8) is 0 Å². The highest BCUT2D eigenvalue weighted by Gasteiger charge is 2.11. The van der Waals surface area contributed by atoms with Crippen molar-refractivity contribution in [3.8, 4) is 0 Å². The van der Waals surface area contributed by atoms with Crippen molar-refractivity contribution in [1.29, 1.82) is 0 Å². The number of hydrogen-bond donors (Lipinski definition) is 1. The largest absolute Gasteiger partial charge is 0.310 e. The predicted molar refractivity (Wildman–Crippen MR) is 92.7 cm³/mol. The summed E-state index contributed by atoms with van der Waals surface area (Å²) in [4.78, 5) is 0. The molecule has 0 bridgehead atoms. The molecule has 0 aromatic heterocycles. The normalized spacial score (nSPS) is 12.4. The van der Waals surface area contributed by atoms with Crippen LogP contribution in [-0.2, 0) is 6.42 Å². The van der Waals surface area contributed by atoms with Gasteiger partial charge in [0.2, 0.25) is 0 Å². The van der Waals surface area contributed by atoms with E-state index in [4.69, 9.17) is 34.8 Å². The Morgan fingerprint density at radius 2 is 1.67 bits per heavy atom. The van der Waals surface area contributed by atoms with Crippen molar-refractivity contribution >= 4 is 34.8 Å². The van der Waals surface area contributed by atoms with Crippen molar-refractivity contribution in [3.05, 3.63) is 68.7 Å². The zero-order valence-electron chi connectivity index (χ0n) is 11.9. The third-order valence-electron chi connectivity index (χ3n) is 3.48. The second kappa shape index (κ2) is 8.05. The Hall–Kier alpha value is -0.730. The van der Waals surface area contributed by atoms with Gasteiger partial charge in [-0.25, -0.2) is 0 Å². The minimum Gasteiger partial charge on any atom is -0.310 e. The lowest BCUT2D eigenvalue weighted by Crippen LogP contribution is -2.20. The number of halogens is 3. The quantitative estimate of drug-likeness (QED) is 0.641. The third-order valence-corrected chi connectivity index (χ3v) is 4.68. The van der Waals surface area contributed by atoms with E-state index >= 15 is 0 Å². The Morgan fingerprint density at radius 3 is 2.43 bits per heavy atom.